The number of hydrogen-bond acceptors (Lipinski definition) is 4. The summed E-state index contributed by atoms with van der Waals surface area (Å²) in [6.45, 7) is -1.82. The van der Waals surface area contributed by atoms with E-state index >= 15 is 0 Å². The molecule has 0 saturated heterocycles. The molecule has 0 heterocycles. The Bertz CT molecular complexity index is 26.7. The second-order valence-electron chi connectivity index (χ2n) is 0.589. The number of hydrogen-bond donors (Lipinski definition) is 2. The van der Waals surface area contributed by atoms with Crippen molar-refractivity contribution >= 4 is 0 Å². The van der Waals surface area contributed by atoms with E-state index in [1.807, 2.05) is 0 Å². The molecule has 0 radical (unpaired) electrons. The van der Waals surface area contributed by atoms with Gasteiger partial charge in [0.05, 0.1) is 7.11 Å². The molecule has 0 unspecified atom stereocenters. The van der Waals surface area contributed by atoms with Crippen molar-refractivity contribution < 1.29 is 20.0 Å². The molecule has 6 heavy (non-hydrogen) atoms. The lowest BCUT2D eigenvalue weighted by atomic mass is 11.4. The summed E-state index contributed by atoms with van der Waals surface area (Å²) in [5.41, 5.74) is 0. The lowest BCUT2D eigenvalue weighted by Gasteiger charge is -1.96. The minimum atomic E-state index is -1.82. The number of rotatable bonds is 2. The topological polar surface area (TPSA) is 58.9 Å². The Morgan fingerprint density at radius 3 is 2.00 bits per heavy atom. The van der Waals surface area contributed by atoms with Crippen LogP contribution in [-0.4, -0.2) is 23.8 Å². The van der Waals surface area contributed by atoms with Gasteiger partial charge in [-0.3, -0.25) is 0 Å². The maximum absolute atomic E-state index is 7.76. The summed E-state index contributed by atoms with van der Waals surface area (Å²) in [4.78, 5) is 7.46. The largest absolute Gasteiger partial charge is 0.344 e. The molecule has 0 saturated carbocycles. The van der Waals surface area contributed by atoms with Crippen molar-refractivity contribution in [2.75, 3.05) is 7.11 Å². The minimum Gasteiger partial charge on any atom is -0.344 e. The summed E-state index contributed by atoms with van der Waals surface area (Å²) >= 11 is 0. The first-order valence-corrected chi connectivity index (χ1v) is 1.33. The van der Waals surface area contributed by atoms with Crippen LogP contribution in [0.25, 0.3) is 0 Å². The molecule has 0 aromatic heterocycles. The van der Waals surface area contributed by atoms with Crippen LogP contribution in [-0.2, 0) is 9.78 Å². The first-order chi connectivity index (χ1) is 2.77. The molecule has 4 heteroatoms. The molecule has 0 bridgehead atoms. The van der Waals surface area contributed by atoms with Crippen molar-refractivity contribution in [1.29, 1.82) is 0 Å². The van der Waals surface area contributed by atoms with Crippen molar-refractivity contribution in [3.8, 4) is 0 Å². The van der Waals surface area contributed by atoms with Gasteiger partial charge in [-0.15, -0.1) is 0 Å². The lowest BCUT2D eigenvalue weighted by molar-refractivity contribution is -0.413. The summed E-state index contributed by atoms with van der Waals surface area (Å²) in [6.07, 6.45) is 0. The minimum absolute atomic E-state index is 1.18. The van der Waals surface area contributed by atoms with Crippen molar-refractivity contribution in [1.82, 2.24) is 0 Å². The van der Waals surface area contributed by atoms with E-state index in [4.69, 9.17) is 10.2 Å². The van der Waals surface area contributed by atoms with Gasteiger partial charge in [-0.25, -0.2) is 4.89 Å². The molecule has 0 rings (SSSR count). The average molecular weight is 94.1 g/mol. The standard InChI is InChI=1S/C2H6O4/c1-5-6-2(3)4/h2-4H,1H3. The van der Waals surface area contributed by atoms with Crippen LogP contribution in [0.15, 0.2) is 0 Å². The van der Waals surface area contributed by atoms with Gasteiger partial charge in [-0.05, 0) is 0 Å². The highest BCUT2D eigenvalue weighted by atomic mass is 17.2. The van der Waals surface area contributed by atoms with Gasteiger partial charge in [0.25, 0.3) is 6.48 Å². The fraction of sp³-hybridized carbons (Fsp3) is 1.00. The molecule has 0 atom stereocenters. The first kappa shape index (κ1) is 5.84. The van der Waals surface area contributed by atoms with Crippen molar-refractivity contribution in [2.24, 2.45) is 0 Å². The van der Waals surface area contributed by atoms with Crippen LogP contribution in [0.2, 0.25) is 0 Å². The first-order valence-electron chi connectivity index (χ1n) is 1.33. The molecule has 0 spiro atoms. The second-order valence-corrected chi connectivity index (χ2v) is 0.589. The molecule has 0 aliphatic rings. The zero-order valence-corrected chi connectivity index (χ0v) is 3.29. The maximum atomic E-state index is 7.76. The van der Waals surface area contributed by atoms with Gasteiger partial charge in [-0.2, -0.15) is 4.89 Å². The Morgan fingerprint density at radius 2 is 2.00 bits per heavy atom. The van der Waals surface area contributed by atoms with Gasteiger partial charge in [0.2, 0.25) is 0 Å². The van der Waals surface area contributed by atoms with E-state index in [-0.39, 0.29) is 0 Å². The smallest absolute Gasteiger partial charge is 0.296 e. The van der Waals surface area contributed by atoms with Gasteiger partial charge in [-0.1, -0.05) is 0 Å². The van der Waals surface area contributed by atoms with Gasteiger partial charge >= 0.3 is 0 Å². The zero-order chi connectivity index (χ0) is 4.99. The van der Waals surface area contributed by atoms with Crippen LogP contribution in [0.5, 0.6) is 0 Å². The van der Waals surface area contributed by atoms with E-state index in [0.717, 1.165) is 0 Å². The quantitative estimate of drug-likeness (QED) is 0.257. The molecule has 4 nitrogen and oxygen atoms in total. The molecule has 0 aromatic carbocycles. The molecule has 0 amide bonds. The molecular weight excluding hydrogens is 88.0 g/mol. The Balaban J connectivity index is 2.63. The van der Waals surface area contributed by atoms with Gasteiger partial charge in [0, 0.05) is 0 Å². The summed E-state index contributed by atoms with van der Waals surface area (Å²) in [5, 5.41) is 15.5. The van der Waals surface area contributed by atoms with E-state index in [0.29, 0.717) is 0 Å². The van der Waals surface area contributed by atoms with Crippen molar-refractivity contribution in [3.63, 3.8) is 0 Å². The Morgan fingerprint density at radius 1 is 1.50 bits per heavy atom. The average Bonchev–Trinajstić information content (AvgIpc) is 1.35. The molecule has 38 valence electrons. The summed E-state index contributed by atoms with van der Waals surface area (Å²) in [5.74, 6) is 0. The monoisotopic (exact) mass is 94.0 g/mol. The predicted molar refractivity (Wildman–Crippen MR) is 16.3 cm³/mol. The highest BCUT2D eigenvalue weighted by molar-refractivity contribution is 3.85. The van der Waals surface area contributed by atoms with Gasteiger partial charge in [0.15, 0.2) is 0 Å². The Kier molecular flexibility index (Phi) is 2.97. The molecule has 0 aromatic rings. The molecule has 0 aliphatic heterocycles. The second kappa shape index (κ2) is 3.05. The van der Waals surface area contributed by atoms with Crippen LogP contribution in [0.1, 0.15) is 0 Å². The van der Waals surface area contributed by atoms with E-state index < -0.39 is 6.48 Å². The highest BCUT2D eigenvalue weighted by Gasteiger charge is 1.89. The predicted octanol–water partition coefficient (Wildman–Crippen LogP) is -1.17. The van der Waals surface area contributed by atoms with Crippen molar-refractivity contribution in [2.45, 2.75) is 6.48 Å². The van der Waals surface area contributed by atoms with Crippen LogP contribution in [0.3, 0.4) is 0 Å². The van der Waals surface area contributed by atoms with Gasteiger partial charge in [0.1, 0.15) is 0 Å². The van der Waals surface area contributed by atoms with E-state index in [9.17, 15) is 0 Å². The highest BCUT2D eigenvalue weighted by Crippen LogP contribution is 1.74. The maximum Gasteiger partial charge on any atom is 0.296 e. The third-order valence-corrected chi connectivity index (χ3v) is 0.182. The Labute approximate surface area is 34.8 Å². The molecular formula is C2H6O4. The van der Waals surface area contributed by atoms with E-state index in [1.54, 1.807) is 0 Å². The third kappa shape index (κ3) is 3.84. The number of aliphatic hydroxyl groups is 2. The zero-order valence-electron chi connectivity index (χ0n) is 3.29. The lowest BCUT2D eigenvalue weighted by Crippen LogP contribution is -2.08. The summed E-state index contributed by atoms with van der Waals surface area (Å²) < 4.78 is 0. The van der Waals surface area contributed by atoms with Crippen molar-refractivity contribution in [3.05, 3.63) is 0 Å². The summed E-state index contributed by atoms with van der Waals surface area (Å²) in [6, 6.07) is 0. The molecule has 0 fully saturated rings. The van der Waals surface area contributed by atoms with E-state index in [2.05, 4.69) is 9.78 Å². The number of aliphatic hydroxyl groups excluding tert-OH is 1. The van der Waals surface area contributed by atoms with Crippen LogP contribution >= 0.6 is 0 Å². The van der Waals surface area contributed by atoms with Crippen LogP contribution < -0.4 is 0 Å². The Hall–Kier alpha value is -0.160. The van der Waals surface area contributed by atoms with Crippen LogP contribution in [0, 0.1) is 0 Å². The van der Waals surface area contributed by atoms with E-state index in [1.165, 1.54) is 7.11 Å². The van der Waals surface area contributed by atoms with Crippen LogP contribution in [0.4, 0.5) is 0 Å². The normalized spacial score (nSPS) is 10.0. The fourth-order valence-electron chi connectivity index (χ4n) is 0.0861. The SMILES string of the molecule is COOC(O)O. The third-order valence-electron chi connectivity index (χ3n) is 0.182. The molecule has 2 N–H and O–H groups in total. The molecule has 0 aliphatic carbocycles. The summed E-state index contributed by atoms with van der Waals surface area (Å²) in [7, 11) is 1.18. The fourth-order valence-corrected chi connectivity index (χ4v) is 0.0861. The van der Waals surface area contributed by atoms with Gasteiger partial charge < -0.3 is 10.2 Å².